The Morgan fingerprint density at radius 2 is 1.50 bits per heavy atom. The molecule has 0 saturated carbocycles. The minimum atomic E-state index is -1.20. The van der Waals surface area contributed by atoms with Gasteiger partial charge in [-0.1, -0.05) is 5.79 Å². The highest BCUT2D eigenvalue weighted by atomic mass is 27.2. The average Bonchev–Trinajstić information content (AvgIpc) is 1.68. The van der Waals surface area contributed by atoms with Crippen molar-refractivity contribution in [2.75, 3.05) is 13.2 Å². The van der Waals surface area contributed by atoms with Gasteiger partial charge in [-0.05, 0) is 13.8 Å². The zero-order valence-corrected chi connectivity index (χ0v) is 6.96. The fourth-order valence-electron chi connectivity index (χ4n) is 0.518. The first kappa shape index (κ1) is 8.45. The van der Waals surface area contributed by atoms with Crippen molar-refractivity contribution < 1.29 is 7.58 Å². The van der Waals surface area contributed by atoms with E-state index < -0.39 is 14.8 Å². The van der Waals surface area contributed by atoms with Crippen LogP contribution in [0.1, 0.15) is 13.8 Å². The van der Waals surface area contributed by atoms with Crippen molar-refractivity contribution in [3.8, 4) is 0 Å². The van der Waals surface area contributed by atoms with Crippen LogP contribution in [0.3, 0.4) is 0 Å². The summed E-state index contributed by atoms with van der Waals surface area (Å²) in [5.41, 5.74) is 0. The van der Waals surface area contributed by atoms with Crippen LogP contribution in [-0.2, 0) is 7.58 Å². The molecule has 0 bridgehead atoms. The molecule has 0 heterocycles. The monoisotopic (exact) mass is 132 g/mol. The second-order valence-electron chi connectivity index (χ2n) is 1.48. The molecule has 0 fully saturated rings. The third-order valence-corrected chi connectivity index (χ3v) is 2.41. The van der Waals surface area contributed by atoms with E-state index in [1.165, 1.54) is 0 Å². The van der Waals surface area contributed by atoms with Crippen molar-refractivity contribution in [3.63, 3.8) is 0 Å². The van der Waals surface area contributed by atoms with Gasteiger partial charge in [0.2, 0.25) is 0 Å². The van der Waals surface area contributed by atoms with Crippen LogP contribution >= 0.6 is 0 Å². The van der Waals surface area contributed by atoms with Gasteiger partial charge in [0.05, 0.1) is 0 Å². The molecule has 0 aromatic rings. The largest absolute Gasteiger partial charge is 0.671 e. The summed E-state index contributed by atoms with van der Waals surface area (Å²) < 4.78 is 10.4. The topological polar surface area (TPSA) is 18.5 Å². The standard InChI is InChI=1S/2C2H5O.CH3.Al/c2*1-2-3;;/h2*2H2,1H3;1H3;/q2*-1;;+2. The smallest absolute Gasteiger partial charge is 0.479 e. The summed E-state index contributed by atoms with van der Waals surface area (Å²) in [7, 11) is 0. The first-order valence-corrected chi connectivity index (χ1v) is 5.14. The minimum Gasteiger partial charge on any atom is -0.479 e. The summed E-state index contributed by atoms with van der Waals surface area (Å²) in [6.07, 6.45) is 0. The van der Waals surface area contributed by atoms with Crippen molar-refractivity contribution in [1.82, 2.24) is 0 Å². The van der Waals surface area contributed by atoms with Gasteiger partial charge in [-0.25, -0.2) is 0 Å². The highest BCUT2D eigenvalue weighted by Gasteiger charge is 2.13. The molecule has 0 radical (unpaired) electrons. The van der Waals surface area contributed by atoms with Gasteiger partial charge in [0.1, 0.15) is 0 Å². The second-order valence-corrected chi connectivity index (χ2v) is 3.28. The van der Waals surface area contributed by atoms with Crippen molar-refractivity contribution in [3.05, 3.63) is 0 Å². The molecule has 0 aromatic carbocycles. The molecule has 0 spiro atoms. The molecule has 48 valence electrons. The number of hydrogen-bond acceptors (Lipinski definition) is 2. The van der Waals surface area contributed by atoms with Crippen LogP contribution in [0.15, 0.2) is 0 Å². The van der Waals surface area contributed by atoms with E-state index >= 15 is 0 Å². The Labute approximate surface area is 55.9 Å². The summed E-state index contributed by atoms with van der Waals surface area (Å²) in [5.74, 6) is 2.03. The zero-order valence-electron chi connectivity index (χ0n) is 5.81. The predicted molar refractivity (Wildman–Crippen MR) is 34.9 cm³/mol. The molecule has 0 aliphatic rings. The maximum Gasteiger partial charge on any atom is 0.671 e. The predicted octanol–water partition coefficient (Wildman–Crippen LogP) is 1.18. The van der Waals surface area contributed by atoms with Crippen molar-refractivity contribution in [1.29, 1.82) is 0 Å². The SMILES string of the molecule is CC[O][Al]([CH3])[O]CC. The van der Waals surface area contributed by atoms with E-state index in [0.717, 1.165) is 13.2 Å². The molecule has 0 amide bonds. The highest BCUT2D eigenvalue weighted by Crippen LogP contribution is 1.85. The Morgan fingerprint density at radius 3 is 1.75 bits per heavy atom. The first-order valence-electron chi connectivity index (χ1n) is 3.04. The lowest BCUT2D eigenvalue weighted by Crippen LogP contribution is -2.17. The quantitative estimate of drug-likeness (QED) is 0.535. The normalized spacial score (nSPS) is 9.38. The van der Waals surface area contributed by atoms with E-state index in [-0.39, 0.29) is 0 Å². The van der Waals surface area contributed by atoms with Crippen molar-refractivity contribution >= 4 is 14.8 Å². The molecule has 0 atom stereocenters. The summed E-state index contributed by atoms with van der Waals surface area (Å²) in [4.78, 5) is 0. The molecule has 0 rings (SSSR count). The second kappa shape index (κ2) is 5.59. The number of hydrogen-bond donors (Lipinski definition) is 0. The Kier molecular flexibility index (Phi) is 5.90. The van der Waals surface area contributed by atoms with Crippen molar-refractivity contribution in [2.24, 2.45) is 0 Å². The van der Waals surface area contributed by atoms with Crippen LogP contribution < -0.4 is 0 Å². The van der Waals surface area contributed by atoms with Crippen molar-refractivity contribution in [2.45, 2.75) is 19.6 Å². The minimum absolute atomic E-state index is 0.785. The summed E-state index contributed by atoms with van der Waals surface area (Å²) >= 11 is -1.20. The lowest BCUT2D eigenvalue weighted by Gasteiger charge is -2.03. The maximum absolute atomic E-state index is 5.20. The molecule has 0 N–H and O–H groups in total. The molecule has 0 saturated heterocycles. The van der Waals surface area contributed by atoms with Crippen LogP contribution in [0.25, 0.3) is 0 Å². The lowest BCUT2D eigenvalue weighted by molar-refractivity contribution is 0.219. The van der Waals surface area contributed by atoms with Crippen LogP contribution in [-0.4, -0.2) is 28.0 Å². The molecule has 0 unspecified atom stereocenters. The molecular weight excluding hydrogens is 119 g/mol. The van der Waals surface area contributed by atoms with Crippen LogP contribution in [0.5, 0.6) is 0 Å². The van der Waals surface area contributed by atoms with Crippen LogP contribution in [0.4, 0.5) is 0 Å². The van der Waals surface area contributed by atoms with Crippen LogP contribution in [0.2, 0.25) is 5.79 Å². The fraction of sp³-hybridized carbons (Fsp3) is 1.00. The zero-order chi connectivity index (χ0) is 6.41. The van der Waals surface area contributed by atoms with E-state index in [0.29, 0.717) is 0 Å². The Balaban J connectivity index is 2.92. The maximum atomic E-state index is 5.20. The van der Waals surface area contributed by atoms with Gasteiger partial charge in [0, 0.05) is 13.2 Å². The third kappa shape index (κ3) is 4.61. The van der Waals surface area contributed by atoms with E-state index in [1.54, 1.807) is 0 Å². The molecular formula is C5H13AlO2. The van der Waals surface area contributed by atoms with E-state index in [9.17, 15) is 0 Å². The van der Waals surface area contributed by atoms with Crippen LogP contribution in [0, 0.1) is 0 Å². The van der Waals surface area contributed by atoms with E-state index in [1.807, 2.05) is 19.6 Å². The van der Waals surface area contributed by atoms with Gasteiger partial charge in [0.15, 0.2) is 0 Å². The summed E-state index contributed by atoms with van der Waals surface area (Å²) in [6, 6.07) is 0. The number of rotatable bonds is 4. The Morgan fingerprint density at radius 1 is 1.12 bits per heavy atom. The Hall–Kier alpha value is 0.452. The van der Waals surface area contributed by atoms with Gasteiger partial charge < -0.3 is 7.58 Å². The van der Waals surface area contributed by atoms with Gasteiger partial charge in [-0.3, -0.25) is 0 Å². The lowest BCUT2D eigenvalue weighted by atomic mass is 10.9. The molecule has 8 heavy (non-hydrogen) atoms. The van der Waals surface area contributed by atoms with Gasteiger partial charge in [-0.15, -0.1) is 0 Å². The van der Waals surface area contributed by atoms with E-state index in [2.05, 4.69) is 0 Å². The van der Waals surface area contributed by atoms with Gasteiger partial charge in [0.25, 0.3) is 0 Å². The summed E-state index contributed by atoms with van der Waals surface area (Å²) in [5, 5.41) is 0. The molecule has 0 aliphatic heterocycles. The highest BCUT2D eigenvalue weighted by molar-refractivity contribution is 6.42. The summed E-state index contributed by atoms with van der Waals surface area (Å²) in [6.45, 7) is 5.55. The fourth-order valence-corrected chi connectivity index (χ4v) is 1.55. The van der Waals surface area contributed by atoms with Gasteiger partial charge in [-0.2, -0.15) is 0 Å². The molecule has 0 aliphatic carbocycles. The molecule has 3 heteroatoms. The van der Waals surface area contributed by atoms with E-state index in [4.69, 9.17) is 7.58 Å². The van der Waals surface area contributed by atoms with Gasteiger partial charge >= 0.3 is 14.8 Å². The first-order chi connectivity index (χ1) is 3.81. The third-order valence-electron chi connectivity index (χ3n) is 0.803. The molecule has 2 nitrogen and oxygen atoms in total. The average molecular weight is 132 g/mol. The molecule has 0 aromatic heterocycles. The Bertz CT molecular complexity index is 43.7.